The number of hydrogen-bond acceptors (Lipinski definition) is 1. The van der Waals surface area contributed by atoms with Crippen LogP contribution in [-0.2, 0) is 4.74 Å². The van der Waals surface area contributed by atoms with E-state index in [1.807, 2.05) is 0 Å². The molecule has 11 heavy (non-hydrogen) atoms. The van der Waals surface area contributed by atoms with Crippen LogP contribution in [0.3, 0.4) is 0 Å². The van der Waals surface area contributed by atoms with Crippen LogP contribution in [0.5, 0.6) is 0 Å². The highest BCUT2D eigenvalue weighted by molar-refractivity contribution is 4.58. The van der Waals surface area contributed by atoms with Gasteiger partial charge in [0, 0.05) is 13.7 Å². The van der Waals surface area contributed by atoms with Crippen molar-refractivity contribution < 1.29 is 4.74 Å². The average molecular weight is 158 g/mol. The van der Waals surface area contributed by atoms with Gasteiger partial charge in [-0.15, -0.1) is 0 Å². The second kappa shape index (κ2) is 6.66. The fourth-order valence-electron chi connectivity index (χ4n) is 1.65. The van der Waals surface area contributed by atoms with Gasteiger partial charge in [0.2, 0.25) is 0 Å². The van der Waals surface area contributed by atoms with Crippen LogP contribution < -0.4 is 0 Å². The zero-order valence-electron chi connectivity index (χ0n) is 8.39. The van der Waals surface area contributed by atoms with Gasteiger partial charge in [0.15, 0.2) is 0 Å². The van der Waals surface area contributed by atoms with E-state index in [9.17, 15) is 0 Å². The Bertz CT molecular complexity index is 70.9. The van der Waals surface area contributed by atoms with Crippen LogP contribution in [0.1, 0.15) is 40.0 Å². The Morgan fingerprint density at radius 3 is 2.27 bits per heavy atom. The summed E-state index contributed by atoms with van der Waals surface area (Å²) in [6, 6.07) is 0. The summed E-state index contributed by atoms with van der Waals surface area (Å²) < 4.78 is 5.08. The molecule has 0 aliphatic heterocycles. The van der Waals surface area contributed by atoms with Crippen LogP contribution >= 0.6 is 0 Å². The summed E-state index contributed by atoms with van der Waals surface area (Å²) in [5.41, 5.74) is 0. The van der Waals surface area contributed by atoms with E-state index in [-0.39, 0.29) is 0 Å². The lowest BCUT2D eigenvalue weighted by Crippen LogP contribution is -2.08. The van der Waals surface area contributed by atoms with Crippen molar-refractivity contribution in [2.24, 2.45) is 11.8 Å². The Kier molecular flexibility index (Phi) is 6.63. The summed E-state index contributed by atoms with van der Waals surface area (Å²) in [6.07, 6.45) is 3.97. The van der Waals surface area contributed by atoms with Gasteiger partial charge >= 0.3 is 0 Å². The van der Waals surface area contributed by atoms with Gasteiger partial charge in [0.25, 0.3) is 0 Å². The minimum Gasteiger partial charge on any atom is -0.384 e. The van der Waals surface area contributed by atoms with Gasteiger partial charge in [0.1, 0.15) is 0 Å². The fraction of sp³-hybridized carbons (Fsp3) is 1.00. The molecule has 0 bridgehead atoms. The van der Waals surface area contributed by atoms with Gasteiger partial charge in [-0.2, -0.15) is 0 Å². The molecule has 0 rings (SSSR count). The van der Waals surface area contributed by atoms with Gasteiger partial charge < -0.3 is 4.74 Å². The Hall–Kier alpha value is -0.0400. The third-order valence-corrected chi connectivity index (χ3v) is 2.04. The third-order valence-electron chi connectivity index (χ3n) is 2.04. The Balaban J connectivity index is 3.32. The van der Waals surface area contributed by atoms with Crippen molar-refractivity contribution >= 4 is 0 Å². The summed E-state index contributed by atoms with van der Waals surface area (Å²) in [7, 11) is 1.78. The number of rotatable bonds is 6. The topological polar surface area (TPSA) is 9.23 Å². The molecule has 0 saturated carbocycles. The first-order chi connectivity index (χ1) is 5.20. The first kappa shape index (κ1) is 11.0. The van der Waals surface area contributed by atoms with Crippen molar-refractivity contribution in [2.45, 2.75) is 40.0 Å². The molecule has 0 aromatic heterocycles. The van der Waals surface area contributed by atoms with E-state index in [1.54, 1.807) is 7.11 Å². The van der Waals surface area contributed by atoms with Crippen molar-refractivity contribution in [1.29, 1.82) is 0 Å². The van der Waals surface area contributed by atoms with Crippen molar-refractivity contribution in [3.63, 3.8) is 0 Å². The van der Waals surface area contributed by atoms with Crippen LogP contribution in [0.2, 0.25) is 0 Å². The number of ether oxygens (including phenoxy) is 1. The van der Waals surface area contributed by atoms with Crippen LogP contribution in [0.15, 0.2) is 0 Å². The van der Waals surface area contributed by atoms with Crippen LogP contribution in [0.4, 0.5) is 0 Å². The van der Waals surface area contributed by atoms with Gasteiger partial charge in [-0.3, -0.25) is 0 Å². The quantitative estimate of drug-likeness (QED) is 0.577. The molecule has 2 unspecified atom stereocenters. The Labute approximate surface area is 71.1 Å². The molecular weight excluding hydrogens is 136 g/mol. The van der Waals surface area contributed by atoms with Crippen LogP contribution in [0, 0.1) is 11.8 Å². The van der Waals surface area contributed by atoms with Crippen molar-refractivity contribution in [1.82, 2.24) is 0 Å². The molecule has 0 aliphatic carbocycles. The highest BCUT2D eigenvalue weighted by atomic mass is 16.5. The standard InChI is InChI=1S/C10H22O/c1-5-6-9(2)7-10(3)8-11-4/h9-10H,5-8H2,1-4H3. The van der Waals surface area contributed by atoms with Gasteiger partial charge in [-0.05, 0) is 18.3 Å². The first-order valence-corrected chi connectivity index (χ1v) is 4.69. The first-order valence-electron chi connectivity index (χ1n) is 4.69. The van der Waals surface area contributed by atoms with E-state index in [4.69, 9.17) is 4.74 Å². The molecular formula is C10H22O. The summed E-state index contributed by atoms with van der Waals surface area (Å²) >= 11 is 0. The van der Waals surface area contributed by atoms with E-state index in [2.05, 4.69) is 20.8 Å². The minimum absolute atomic E-state index is 0.724. The molecule has 1 heteroatoms. The molecule has 0 aromatic carbocycles. The molecule has 0 amide bonds. The van der Waals surface area contributed by atoms with Gasteiger partial charge in [0.05, 0.1) is 0 Å². The maximum absolute atomic E-state index is 5.08. The SMILES string of the molecule is CCCC(C)CC(C)COC. The van der Waals surface area contributed by atoms with Gasteiger partial charge in [-0.1, -0.05) is 33.6 Å². The van der Waals surface area contributed by atoms with Crippen molar-refractivity contribution in [3.8, 4) is 0 Å². The lowest BCUT2D eigenvalue weighted by molar-refractivity contribution is 0.146. The molecule has 0 spiro atoms. The van der Waals surface area contributed by atoms with E-state index in [0.29, 0.717) is 0 Å². The molecule has 0 radical (unpaired) electrons. The van der Waals surface area contributed by atoms with Crippen LogP contribution in [0.25, 0.3) is 0 Å². The molecule has 1 nitrogen and oxygen atoms in total. The van der Waals surface area contributed by atoms with E-state index < -0.39 is 0 Å². The summed E-state index contributed by atoms with van der Waals surface area (Å²) in [6.45, 7) is 7.75. The van der Waals surface area contributed by atoms with E-state index in [1.165, 1.54) is 19.3 Å². The molecule has 2 atom stereocenters. The lowest BCUT2D eigenvalue weighted by Gasteiger charge is -2.15. The third kappa shape index (κ3) is 6.36. The molecule has 0 saturated heterocycles. The second-order valence-corrected chi connectivity index (χ2v) is 3.69. The molecule has 0 N–H and O–H groups in total. The molecule has 0 aromatic rings. The zero-order chi connectivity index (χ0) is 8.69. The maximum atomic E-state index is 5.08. The summed E-state index contributed by atoms with van der Waals surface area (Å²) in [5, 5.41) is 0. The van der Waals surface area contributed by atoms with E-state index >= 15 is 0 Å². The predicted octanol–water partition coefficient (Wildman–Crippen LogP) is 3.10. The van der Waals surface area contributed by atoms with Crippen molar-refractivity contribution in [2.75, 3.05) is 13.7 Å². The van der Waals surface area contributed by atoms with Gasteiger partial charge in [-0.25, -0.2) is 0 Å². The average Bonchev–Trinajstić information content (AvgIpc) is 1.87. The monoisotopic (exact) mass is 158 g/mol. The summed E-state index contributed by atoms with van der Waals surface area (Å²) in [4.78, 5) is 0. The normalized spacial score (nSPS) is 16.4. The maximum Gasteiger partial charge on any atom is 0.0487 e. The lowest BCUT2D eigenvalue weighted by atomic mass is 9.94. The minimum atomic E-state index is 0.724. The van der Waals surface area contributed by atoms with Crippen molar-refractivity contribution in [3.05, 3.63) is 0 Å². The summed E-state index contributed by atoms with van der Waals surface area (Å²) in [5.74, 6) is 1.59. The Morgan fingerprint density at radius 1 is 1.18 bits per heavy atom. The molecule has 0 fully saturated rings. The molecule has 0 heterocycles. The highest BCUT2D eigenvalue weighted by Gasteiger charge is 2.06. The fourth-order valence-corrected chi connectivity index (χ4v) is 1.65. The van der Waals surface area contributed by atoms with E-state index in [0.717, 1.165) is 18.4 Å². The van der Waals surface area contributed by atoms with Crippen LogP contribution in [-0.4, -0.2) is 13.7 Å². The smallest absolute Gasteiger partial charge is 0.0487 e. The number of methoxy groups -OCH3 is 1. The molecule has 0 aliphatic rings. The highest BCUT2D eigenvalue weighted by Crippen LogP contribution is 2.16. The predicted molar refractivity (Wildman–Crippen MR) is 49.7 cm³/mol. The second-order valence-electron chi connectivity index (χ2n) is 3.69. The Morgan fingerprint density at radius 2 is 1.82 bits per heavy atom. The number of hydrogen-bond donors (Lipinski definition) is 0. The zero-order valence-corrected chi connectivity index (χ0v) is 8.39. The largest absolute Gasteiger partial charge is 0.384 e. The molecule has 68 valence electrons.